The molecule has 4 heteroatoms. The summed E-state index contributed by atoms with van der Waals surface area (Å²) in [5.74, 6) is 2.18. The molecule has 1 atom stereocenters. The number of rotatable bonds is 7. The number of likely N-dealkylation sites (tertiary alicyclic amines) is 2. The number of amides is 1. The van der Waals surface area contributed by atoms with E-state index in [-0.39, 0.29) is 5.92 Å². The molecule has 2 fully saturated rings. The first kappa shape index (κ1) is 21.9. The lowest BCUT2D eigenvalue weighted by atomic mass is 9.89. The van der Waals surface area contributed by atoms with Gasteiger partial charge in [0.1, 0.15) is 5.75 Å². The van der Waals surface area contributed by atoms with Gasteiger partial charge in [-0.25, -0.2) is 0 Å². The largest absolute Gasteiger partial charge is 0.494 e. The molecule has 0 saturated carbocycles. The quantitative estimate of drug-likeness (QED) is 0.646. The van der Waals surface area contributed by atoms with Crippen molar-refractivity contribution in [1.29, 1.82) is 0 Å². The predicted molar refractivity (Wildman–Crippen MR) is 125 cm³/mol. The SMILES string of the molecule is CCOc1ccccc1CN1CCC[C@@H](C(=O)N2CCC(Cc3ccccc3)CC2)C1. The Balaban J connectivity index is 1.28. The van der Waals surface area contributed by atoms with E-state index >= 15 is 0 Å². The second-order valence-electron chi connectivity index (χ2n) is 9.07. The summed E-state index contributed by atoms with van der Waals surface area (Å²) in [6, 6.07) is 19.1. The van der Waals surface area contributed by atoms with Crippen LogP contribution in [0.2, 0.25) is 0 Å². The topological polar surface area (TPSA) is 32.8 Å². The standard InChI is InChI=1S/C27H36N2O2/c1-2-31-26-13-7-6-11-24(26)20-28-16-8-12-25(21-28)27(30)29-17-14-23(15-18-29)19-22-9-4-3-5-10-22/h3-7,9-11,13,23,25H,2,8,12,14-21H2,1H3/t25-/m1/s1. The maximum Gasteiger partial charge on any atom is 0.226 e. The van der Waals surface area contributed by atoms with Crippen molar-refractivity contribution in [3.63, 3.8) is 0 Å². The predicted octanol–water partition coefficient (Wildman–Crippen LogP) is 4.78. The van der Waals surface area contributed by atoms with Gasteiger partial charge in [-0.1, -0.05) is 48.5 Å². The Morgan fingerprint density at radius 2 is 1.71 bits per heavy atom. The molecule has 1 amide bonds. The van der Waals surface area contributed by atoms with E-state index < -0.39 is 0 Å². The fraction of sp³-hybridized carbons (Fsp3) is 0.519. The Labute approximate surface area is 187 Å². The van der Waals surface area contributed by atoms with Crippen LogP contribution >= 0.6 is 0 Å². The minimum Gasteiger partial charge on any atom is -0.494 e. The number of piperidine rings is 2. The van der Waals surface area contributed by atoms with Crippen molar-refractivity contribution in [2.24, 2.45) is 11.8 Å². The van der Waals surface area contributed by atoms with Crippen LogP contribution in [-0.2, 0) is 17.8 Å². The number of carbonyl (C=O) groups is 1. The highest BCUT2D eigenvalue weighted by atomic mass is 16.5. The third kappa shape index (κ3) is 5.88. The zero-order valence-electron chi connectivity index (χ0n) is 18.8. The average molecular weight is 421 g/mol. The normalized spacial score (nSPS) is 20.5. The van der Waals surface area contributed by atoms with E-state index in [1.165, 1.54) is 11.1 Å². The number of ether oxygens (including phenoxy) is 1. The Hall–Kier alpha value is -2.33. The lowest BCUT2D eigenvalue weighted by molar-refractivity contribution is -0.138. The number of nitrogens with zero attached hydrogens (tertiary/aromatic N) is 2. The first-order chi connectivity index (χ1) is 15.2. The second-order valence-corrected chi connectivity index (χ2v) is 9.07. The third-order valence-corrected chi connectivity index (χ3v) is 6.81. The Bertz CT molecular complexity index is 830. The Kier molecular flexibility index (Phi) is 7.63. The summed E-state index contributed by atoms with van der Waals surface area (Å²) in [5.41, 5.74) is 2.64. The average Bonchev–Trinajstić information content (AvgIpc) is 2.81. The number of para-hydroxylation sites is 1. The van der Waals surface area contributed by atoms with Crippen LogP contribution in [0.15, 0.2) is 54.6 Å². The summed E-state index contributed by atoms with van der Waals surface area (Å²) in [7, 11) is 0. The maximum atomic E-state index is 13.3. The van der Waals surface area contributed by atoms with Gasteiger partial charge in [0.15, 0.2) is 0 Å². The molecule has 2 aliphatic rings. The van der Waals surface area contributed by atoms with E-state index in [0.29, 0.717) is 18.4 Å². The fourth-order valence-electron chi connectivity index (χ4n) is 5.14. The summed E-state index contributed by atoms with van der Waals surface area (Å²) in [4.78, 5) is 17.8. The van der Waals surface area contributed by atoms with Crippen molar-refractivity contribution in [3.8, 4) is 5.75 Å². The summed E-state index contributed by atoms with van der Waals surface area (Å²) < 4.78 is 5.80. The Morgan fingerprint density at radius 1 is 0.968 bits per heavy atom. The van der Waals surface area contributed by atoms with Crippen molar-refractivity contribution in [2.75, 3.05) is 32.8 Å². The molecule has 0 bridgehead atoms. The van der Waals surface area contributed by atoms with Crippen LogP contribution in [0.4, 0.5) is 0 Å². The first-order valence-electron chi connectivity index (χ1n) is 12.0. The van der Waals surface area contributed by atoms with Crippen LogP contribution in [0.3, 0.4) is 0 Å². The lowest BCUT2D eigenvalue weighted by Crippen LogP contribution is -2.47. The monoisotopic (exact) mass is 420 g/mol. The molecule has 0 aliphatic carbocycles. The molecule has 2 aliphatic heterocycles. The van der Waals surface area contributed by atoms with Crippen molar-refractivity contribution >= 4 is 5.91 Å². The minimum atomic E-state index is 0.138. The number of hydrogen-bond acceptors (Lipinski definition) is 3. The van der Waals surface area contributed by atoms with Crippen LogP contribution in [0.25, 0.3) is 0 Å². The van der Waals surface area contributed by atoms with Gasteiger partial charge in [0.2, 0.25) is 5.91 Å². The molecule has 0 aromatic heterocycles. The van der Waals surface area contributed by atoms with E-state index in [1.54, 1.807) is 0 Å². The van der Waals surface area contributed by atoms with E-state index in [4.69, 9.17) is 4.74 Å². The summed E-state index contributed by atoms with van der Waals surface area (Å²) in [6.07, 6.45) is 5.50. The highest BCUT2D eigenvalue weighted by Gasteiger charge is 2.31. The van der Waals surface area contributed by atoms with Gasteiger partial charge in [0.25, 0.3) is 0 Å². The van der Waals surface area contributed by atoms with Crippen molar-refractivity contribution < 1.29 is 9.53 Å². The minimum absolute atomic E-state index is 0.138. The molecule has 2 aromatic carbocycles. The number of benzene rings is 2. The molecule has 31 heavy (non-hydrogen) atoms. The highest BCUT2D eigenvalue weighted by Crippen LogP contribution is 2.27. The van der Waals surface area contributed by atoms with Gasteiger partial charge in [-0.2, -0.15) is 0 Å². The lowest BCUT2D eigenvalue weighted by Gasteiger charge is -2.38. The van der Waals surface area contributed by atoms with Gasteiger partial charge in [-0.05, 0) is 63.1 Å². The van der Waals surface area contributed by atoms with E-state index in [9.17, 15) is 4.79 Å². The van der Waals surface area contributed by atoms with Crippen molar-refractivity contribution in [3.05, 3.63) is 65.7 Å². The summed E-state index contributed by atoms with van der Waals surface area (Å²) in [5, 5.41) is 0. The zero-order chi connectivity index (χ0) is 21.5. The summed E-state index contributed by atoms with van der Waals surface area (Å²) >= 11 is 0. The number of hydrogen-bond donors (Lipinski definition) is 0. The second kappa shape index (κ2) is 10.8. The highest BCUT2D eigenvalue weighted by molar-refractivity contribution is 5.79. The fourth-order valence-corrected chi connectivity index (χ4v) is 5.14. The molecule has 166 valence electrons. The van der Waals surface area contributed by atoms with Crippen molar-refractivity contribution in [2.45, 2.75) is 45.6 Å². The molecule has 2 aromatic rings. The van der Waals surface area contributed by atoms with Gasteiger partial charge in [-0.3, -0.25) is 9.69 Å². The van der Waals surface area contributed by atoms with Gasteiger partial charge >= 0.3 is 0 Å². The molecular formula is C27H36N2O2. The molecule has 4 nitrogen and oxygen atoms in total. The smallest absolute Gasteiger partial charge is 0.226 e. The molecule has 2 saturated heterocycles. The Morgan fingerprint density at radius 3 is 2.48 bits per heavy atom. The van der Waals surface area contributed by atoms with Crippen LogP contribution in [0.5, 0.6) is 5.75 Å². The van der Waals surface area contributed by atoms with E-state index in [2.05, 4.69) is 52.3 Å². The van der Waals surface area contributed by atoms with E-state index in [0.717, 1.165) is 70.6 Å². The van der Waals surface area contributed by atoms with Crippen LogP contribution in [0, 0.1) is 11.8 Å². The van der Waals surface area contributed by atoms with Crippen LogP contribution < -0.4 is 4.74 Å². The van der Waals surface area contributed by atoms with Gasteiger partial charge in [-0.15, -0.1) is 0 Å². The zero-order valence-corrected chi connectivity index (χ0v) is 18.8. The van der Waals surface area contributed by atoms with Crippen LogP contribution in [-0.4, -0.2) is 48.5 Å². The maximum absolute atomic E-state index is 13.3. The van der Waals surface area contributed by atoms with Gasteiger partial charge in [0.05, 0.1) is 12.5 Å². The van der Waals surface area contributed by atoms with Gasteiger partial charge < -0.3 is 9.64 Å². The van der Waals surface area contributed by atoms with E-state index in [1.807, 2.05) is 19.1 Å². The molecule has 2 heterocycles. The van der Waals surface area contributed by atoms with Crippen molar-refractivity contribution in [1.82, 2.24) is 9.80 Å². The molecule has 0 N–H and O–H groups in total. The van der Waals surface area contributed by atoms with Crippen LogP contribution in [0.1, 0.15) is 43.7 Å². The van der Waals surface area contributed by atoms with Gasteiger partial charge in [0, 0.05) is 31.7 Å². The molecule has 0 spiro atoms. The molecular weight excluding hydrogens is 384 g/mol. The molecule has 0 radical (unpaired) electrons. The first-order valence-corrected chi connectivity index (χ1v) is 12.0. The summed E-state index contributed by atoms with van der Waals surface area (Å²) in [6.45, 7) is 7.32. The molecule has 4 rings (SSSR count). The third-order valence-electron chi connectivity index (χ3n) is 6.81. The molecule has 0 unspecified atom stereocenters. The number of carbonyl (C=O) groups excluding carboxylic acids is 1.